The Morgan fingerprint density at radius 2 is 1.52 bits per heavy atom. The lowest BCUT2D eigenvalue weighted by Gasteiger charge is -2.15. The highest BCUT2D eigenvalue weighted by molar-refractivity contribution is 7.92. The molecule has 10 nitrogen and oxygen atoms in total. The third kappa shape index (κ3) is 5.33. The van der Waals surface area contributed by atoms with Gasteiger partial charge in [0, 0.05) is 6.07 Å². The number of benzene rings is 3. The summed E-state index contributed by atoms with van der Waals surface area (Å²) in [4.78, 5) is 22.7. The van der Waals surface area contributed by atoms with Crippen LogP contribution in [0.4, 0.5) is 5.69 Å². The van der Waals surface area contributed by atoms with Gasteiger partial charge in [-0.1, -0.05) is 6.07 Å². The van der Waals surface area contributed by atoms with E-state index in [9.17, 15) is 23.1 Å². The molecule has 0 bridgehead atoms. The maximum absolute atomic E-state index is 13.0. The molecule has 33 heavy (non-hydrogen) atoms. The molecule has 3 N–H and O–H groups in total. The van der Waals surface area contributed by atoms with Gasteiger partial charge in [0.2, 0.25) is 0 Å². The van der Waals surface area contributed by atoms with Crippen LogP contribution in [0.1, 0.15) is 20.7 Å². The second kappa shape index (κ2) is 9.49. The Labute approximate surface area is 189 Å². The summed E-state index contributed by atoms with van der Waals surface area (Å²) in [5.41, 5.74) is -0.603. The SMILES string of the molecule is COc1ccc(OC)c(S(=O)(=O)Nc2ccc(Oc3cccc(C(=O)O)c3)cc2C(=O)O)c1. The van der Waals surface area contributed by atoms with E-state index in [1.165, 1.54) is 68.8 Å². The number of methoxy groups -OCH3 is 2. The first kappa shape index (κ1) is 23.4. The molecule has 0 aliphatic carbocycles. The number of aromatic carboxylic acids is 2. The summed E-state index contributed by atoms with van der Waals surface area (Å²) < 4.78 is 43.9. The lowest BCUT2D eigenvalue weighted by atomic mass is 10.1. The van der Waals surface area contributed by atoms with Crippen LogP contribution in [0.5, 0.6) is 23.0 Å². The van der Waals surface area contributed by atoms with Gasteiger partial charge in [0.1, 0.15) is 27.9 Å². The first-order valence-corrected chi connectivity index (χ1v) is 10.8. The topological polar surface area (TPSA) is 148 Å². The summed E-state index contributed by atoms with van der Waals surface area (Å²) in [5.74, 6) is -2.02. The van der Waals surface area contributed by atoms with Gasteiger partial charge in [0.15, 0.2) is 0 Å². The predicted molar refractivity (Wildman–Crippen MR) is 117 cm³/mol. The van der Waals surface area contributed by atoms with E-state index in [1.807, 2.05) is 0 Å². The number of sulfonamides is 1. The third-order valence-corrected chi connectivity index (χ3v) is 5.83. The quantitative estimate of drug-likeness (QED) is 0.423. The molecular formula is C22H19NO9S. The van der Waals surface area contributed by atoms with Gasteiger partial charge in [0.05, 0.1) is 31.0 Å². The van der Waals surface area contributed by atoms with Crippen molar-refractivity contribution in [3.63, 3.8) is 0 Å². The van der Waals surface area contributed by atoms with Crippen molar-refractivity contribution in [2.45, 2.75) is 4.90 Å². The molecule has 172 valence electrons. The van der Waals surface area contributed by atoms with Crippen LogP contribution in [0.25, 0.3) is 0 Å². The first-order chi connectivity index (χ1) is 15.6. The normalized spacial score (nSPS) is 10.8. The highest BCUT2D eigenvalue weighted by Crippen LogP contribution is 2.32. The lowest BCUT2D eigenvalue weighted by molar-refractivity contribution is 0.0686. The molecule has 0 saturated heterocycles. The summed E-state index contributed by atoms with van der Waals surface area (Å²) in [6, 6.07) is 13.5. The molecule has 0 fully saturated rings. The largest absolute Gasteiger partial charge is 0.497 e. The second-order valence-electron chi connectivity index (χ2n) is 6.57. The average molecular weight is 473 g/mol. The number of anilines is 1. The Balaban J connectivity index is 1.95. The fourth-order valence-electron chi connectivity index (χ4n) is 2.88. The van der Waals surface area contributed by atoms with Gasteiger partial charge >= 0.3 is 11.9 Å². The van der Waals surface area contributed by atoms with E-state index in [2.05, 4.69) is 4.72 Å². The Bertz CT molecular complexity index is 1320. The Kier molecular flexibility index (Phi) is 6.73. The molecule has 11 heteroatoms. The van der Waals surface area contributed by atoms with Crippen molar-refractivity contribution in [2.24, 2.45) is 0 Å². The van der Waals surface area contributed by atoms with Crippen LogP contribution in [-0.2, 0) is 10.0 Å². The van der Waals surface area contributed by atoms with Gasteiger partial charge in [-0.3, -0.25) is 4.72 Å². The molecule has 3 rings (SSSR count). The fraction of sp³-hybridized carbons (Fsp3) is 0.0909. The number of carbonyl (C=O) groups is 2. The summed E-state index contributed by atoms with van der Waals surface area (Å²) in [5, 5.41) is 18.7. The number of rotatable bonds is 9. The highest BCUT2D eigenvalue weighted by atomic mass is 32.2. The third-order valence-electron chi connectivity index (χ3n) is 4.44. The van der Waals surface area contributed by atoms with Crippen molar-refractivity contribution in [3.8, 4) is 23.0 Å². The van der Waals surface area contributed by atoms with Gasteiger partial charge in [0.25, 0.3) is 10.0 Å². The van der Waals surface area contributed by atoms with Crippen LogP contribution >= 0.6 is 0 Å². The summed E-state index contributed by atoms with van der Waals surface area (Å²) in [6.07, 6.45) is 0. The van der Waals surface area contributed by atoms with E-state index >= 15 is 0 Å². The number of nitrogens with one attached hydrogen (secondary N) is 1. The Morgan fingerprint density at radius 1 is 0.818 bits per heavy atom. The second-order valence-corrected chi connectivity index (χ2v) is 8.22. The van der Waals surface area contributed by atoms with Crippen molar-refractivity contribution in [1.82, 2.24) is 0 Å². The standard InChI is InChI=1S/C22H19NO9S/c1-30-14-7-9-19(31-2)20(12-14)33(28,29)23-18-8-6-16(11-17(18)22(26)27)32-15-5-3-4-13(10-15)21(24)25/h3-12,23H,1-2H3,(H,24,25)(H,26,27). The van der Waals surface area contributed by atoms with Crippen molar-refractivity contribution in [3.05, 3.63) is 71.8 Å². The minimum atomic E-state index is -4.26. The van der Waals surface area contributed by atoms with E-state index < -0.39 is 22.0 Å². The molecule has 0 spiro atoms. The summed E-state index contributed by atoms with van der Waals surface area (Å²) >= 11 is 0. The van der Waals surface area contributed by atoms with Crippen molar-refractivity contribution in [1.29, 1.82) is 0 Å². The molecule has 3 aromatic rings. The van der Waals surface area contributed by atoms with Crippen LogP contribution in [0, 0.1) is 0 Å². The zero-order valence-electron chi connectivity index (χ0n) is 17.4. The molecular weight excluding hydrogens is 454 g/mol. The maximum Gasteiger partial charge on any atom is 0.337 e. The number of carboxylic acids is 2. The number of ether oxygens (including phenoxy) is 3. The van der Waals surface area contributed by atoms with Crippen molar-refractivity contribution in [2.75, 3.05) is 18.9 Å². The van der Waals surface area contributed by atoms with Gasteiger partial charge in [-0.25, -0.2) is 18.0 Å². The molecule has 0 aromatic heterocycles. The van der Waals surface area contributed by atoms with Gasteiger partial charge in [-0.15, -0.1) is 0 Å². The number of hydrogen-bond donors (Lipinski definition) is 3. The zero-order valence-corrected chi connectivity index (χ0v) is 18.3. The van der Waals surface area contributed by atoms with Crippen LogP contribution in [0.2, 0.25) is 0 Å². The van der Waals surface area contributed by atoms with Crippen LogP contribution in [-0.4, -0.2) is 44.8 Å². The molecule has 0 atom stereocenters. The molecule has 0 radical (unpaired) electrons. The van der Waals surface area contributed by atoms with E-state index in [4.69, 9.17) is 19.3 Å². The molecule has 0 heterocycles. The Morgan fingerprint density at radius 3 is 2.15 bits per heavy atom. The van der Waals surface area contributed by atoms with E-state index in [1.54, 1.807) is 0 Å². The molecule has 0 unspecified atom stereocenters. The smallest absolute Gasteiger partial charge is 0.337 e. The molecule has 0 amide bonds. The van der Waals surface area contributed by atoms with Crippen LogP contribution in [0.3, 0.4) is 0 Å². The summed E-state index contributed by atoms with van der Waals surface area (Å²) in [6.45, 7) is 0. The first-order valence-electron chi connectivity index (χ1n) is 9.28. The minimum Gasteiger partial charge on any atom is -0.497 e. The van der Waals surface area contributed by atoms with E-state index in [0.717, 1.165) is 6.07 Å². The fourth-order valence-corrected chi connectivity index (χ4v) is 4.14. The van der Waals surface area contributed by atoms with Gasteiger partial charge in [-0.05, 0) is 48.5 Å². The zero-order chi connectivity index (χ0) is 24.2. The van der Waals surface area contributed by atoms with Crippen LogP contribution < -0.4 is 18.9 Å². The average Bonchev–Trinajstić information content (AvgIpc) is 2.79. The van der Waals surface area contributed by atoms with Gasteiger partial charge in [-0.2, -0.15) is 0 Å². The summed E-state index contributed by atoms with van der Waals surface area (Å²) in [7, 11) is -1.58. The van der Waals surface area contributed by atoms with E-state index in [-0.39, 0.29) is 44.7 Å². The van der Waals surface area contributed by atoms with Crippen molar-refractivity contribution >= 4 is 27.6 Å². The Hall–Kier alpha value is -4.25. The van der Waals surface area contributed by atoms with E-state index in [0.29, 0.717) is 0 Å². The minimum absolute atomic E-state index is 0.0115. The highest BCUT2D eigenvalue weighted by Gasteiger charge is 2.23. The number of hydrogen-bond acceptors (Lipinski definition) is 7. The predicted octanol–water partition coefficient (Wildman–Crippen LogP) is 3.69. The maximum atomic E-state index is 13.0. The lowest BCUT2D eigenvalue weighted by Crippen LogP contribution is -2.16. The number of carboxylic acid groups (broad SMARTS) is 2. The molecule has 0 aliphatic rings. The molecule has 0 aliphatic heterocycles. The van der Waals surface area contributed by atoms with Crippen LogP contribution in [0.15, 0.2) is 65.6 Å². The van der Waals surface area contributed by atoms with Gasteiger partial charge < -0.3 is 24.4 Å². The monoisotopic (exact) mass is 473 g/mol. The molecule has 3 aromatic carbocycles. The molecule has 0 saturated carbocycles. The van der Waals surface area contributed by atoms with Crippen molar-refractivity contribution < 1.29 is 42.4 Å².